The lowest BCUT2D eigenvalue weighted by Crippen LogP contribution is -2.40. The smallest absolute Gasteiger partial charge is 0.223 e. The predicted octanol–water partition coefficient (Wildman–Crippen LogP) is 2.45. The van der Waals surface area contributed by atoms with Crippen LogP contribution in [-0.2, 0) is 16.0 Å². The van der Waals surface area contributed by atoms with Crippen LogP contribution in [-0.4, -0.2) is 61.3 Å². The van der Waals surface area contributed by atoms with Gasteiger partial charge in [0, 0.05) is 43.9 Å². The summed E-state index contributed by atoms with van der Waals surface area (Å²) in [5.74, 6) is 0.917. The van der Waals surface area contributed by atoms with E-state index in [0.29, 0.717) is 39.1 Å². The van der Waals surface area contributed by atoms with Crippen LogP contribution in [0.25, 0.3) is 22.4 Å². The van der Waals surface area contributed by atoms with Gasteiger partial charge in [-0.3, -0.25) is 9.20 Å². The Balaban J connectivity index is 1.42. The summed E-state index contributed by atoms with van der Waals surface area (Å²) in [4.78, 5) is 14.3. The second-order valence-electron chi connectivity index (χ2n) is 7.76. The van der Waals surface area contributed by atoms with Gasteiger partial charge < -0.3 is 9.64 Å². The van der Waals surface area contributed by atoms with Crippen molar-refractivity contribution in [1.82, 2.24) is 29.1 Å². The molecule has 1 aliphatic heterocycles. The van der Waals surface area contributed by atoms with Gasteiger partial charge in [-0.25, -0.2) is 4.52 Å². The van der Waals surface area contributed by atoms with Gasteiger partial charge >= 0.3 is 0 Å². The molecule has 0 unspecified atom stereocenters. The van der Waals surface area contributed by atoms with Gasteiger partial charge in [0.1, 0.15) is 11.3 Å². The van der Waals surface area contributed by atoms with Crippen molar-refractivity contribution in [2.45, 2.75) is 26.7 Å². The number of carbonyl (C=O) groups excluding carboxylic acids is 1. The molecule has 1 saturated heterocycles. The van der Waals surface area contributed by atoms with Crippen molar-refractivity contribution in [3.05, 3.63) is 53.6 Å². The predicted molar refractivity (Wildman–Crippen MR) is 112 cm³/mol. The summed E-state index contributed by atoms with van der Waals surface area (Å²) in [5, 5.41) is 13.4. The van der Waals surface area contributed by atoms with E-state index in [1.54, 1.807) is 0 Å². The number of morpholine rings is 1. The molecule has 0 N–H and O–H groups in total. The second kappa shape index (κ2) is 7.53. The third-order valence-corrected chi connectivity index (χ3v) is 5.82. The summed E-state index contributed by atoms with van der Waals surface area (Å²) in [6.07, 6.45) is 4.78. The van der Waals surface area contributed by atoms with E-state index in [4.69, 9.17) is 9.84 Å². The molecule has 1 amide bonds. The maximum absolute atomic E-state index is 12.5. The van der Waals surface area contributed by atoms with Crippen LogP contribution in [0, 0.1) is 13.8 Å². The van der Waals surface area contributed by atoms with Gasteiger partial charge in [-0.15, -0.1) is 10.2 Å². The molecule has 30 heavy (non-hydrogen) atoms. The van der Waals surface area contributed by atoms with Crippen molar-refractivity contribution in [2.75, 3.05) is 26.3 Å². The summed E-state index contributed by atoms with van der Waals surface area (Å²) < 4.78 is 9.10. The largest absolute Gasteiger partial charge is 0.378 e. The van der Waals surface area contributed by atoms with E-state index in [2.05, 4.69) is 42.2 Å². The van der Waals surface area contributed by atoms with Gasteiger partial charge in [0.2, 0.25) is 5.91 Å². The number of hydrogen-bond acceptors (Lipinski definition) is 5. The molecule has 0 bridgehead atoms. The van der Waals surface area contributed by atoms with E-state index in [1.165, 1.54) is 11.1 Å². The minimum absolute atomic E-state index is 0.137. The van der Waals surface area contributed by atoms with Crippen LogP contribution in [0.1, 0.15) is 23.4 Å². The zero-order valence-corrected chi connectivity index (χ0v) is 17.2. The standard InChI is InChI=1S/C22H24N6O2/c1-15-3-4-17(13-16(15)2)18-14-19-22-24-23-20(27(22)7-8-28(19)25-18)5-6-21(29)26-9-11-30-12-10-26/h3-4,7-8,13-14H,5-6,9-12H2,1-2H3. The lowest BCUT2D eigenvalue weighted by molar-refractivity contribution is -0.135. The molecule has 1 aromatic carbocycles. The number of rotatable bonds is 4. The third kappa shape index (κ3) is 3.33. The normalized spacial score (nSPS) is 14.7. The molecule has 0 aliphatic carbocycles. The van der Waals surface area contributed by atoms with Gasteiger partial charge in [-0.2, -0.15) is 5.10 Å². The Morgan fingerprint density at radius 2 is 1.90 bits per heavy atom. The molecule has 4 aromatic rings. The highest BCUT2D eigenvalue weighted by Crippen LogP contribution is 2.24. The number of fused-ring (bicyclic) bond motifs is 3. The molecule has 3 aromatic heterocycles. The number of hydrogen-bond donors (Lipinski definition) is 0. The average Bonchev–Trinajstić information content (AvgIpc) is 3.38. The quantitative estimate of drug-likeness (QED) is 0.522. The molecule has 154 valence electrons. The molecule has 4 heterocycles. The number of carbonyl (C=O) groups is 1. The first-order valence-corrected chi connectivity index (χ1v) is 10.3. The molecule has 5 rings (SSSR count). The van der Waals surface area contributed by atoms with Crippen LogP contribution in [0.2, 0.25) is 0 Å². The Morgan fingerprint density at radius 3 is 2.70 bits per heavy atom. The van der Waals surface area contributed by atoms with Crippen molar-refractivity contribution in [1.29, 1.82) is 0 Å². The Labute approximate surface area is 174 Å². The minimum atomic E-state index is 0.137. The van der Waals surface area contributed by atoms with Gasteiger partial charge in [0.25, 0.3) is 0 Å². The Kier molecular flexibility index (Phi) is 4.71. The second-order valence-corrected chi connectivity index (χ2v) is 7.76. The van der Waals surface area contributed by atoms with Crippen LogP contribution >= 0.6 is 0 Å². The van der Waals surface area contributed by atoms with Crippen molar-refractivity contribution in [2.24, 2.45) is 0 Å². The third-order valence-electron chi connectivity index (χ3n) is 5.82. The fraction of sp³-hybridized carbons (Fsp3) is 0.364. The lowest BCUT2D eigenvalue weighted by Gasteiger charge is -2.26. The first-order chi connectivity index (χ1) is 14.6. The van der Waals surface area contributed by atoms with Gasteiger partial charge in [0.15, 0.2) is 5.65 Å². The van der Waals surface area contributed by atoms with E-state index >= 15 is 0 Å². The van der Waals surface area contributed by atoms with Crippen molar-refractivity contribution in [3.8, 4) is 11.3 Å². The average molecular weight is 404 g/mol. The van der Waals surface area contributed by atoms with Crippen molar-refractivity contribution < 1.29 is 9.53 Å². The van der Waals surface area contributed by atoms with Crippen LogP contribution < -0.4 is 0 Å². The lowest BCUT2D eigenvalue weighted by atomic mass is 10.0. The van der Waals surface area contributed by atoms with E-state index in [0.717, 1.165) is 28.2 Å². The first-order valence-electron chi connectivity index (χ1n) is 10.3. The molecule has 8 nitrogen and oxygen atoms in total. The highest BCUT2D eigenvalue weighted by Gasteiger charge is 2.18. The van der Waals surface area contributed by atoms with Crippen molar-refractivity contribution in [3.63, 3.8) is 0 Å². The van der Waals surface area contributed by atoms with E-state index in [1.807, 2.05) is 32.3 Å². The molecule has 0 radical (unpaired) electrons. The van der Waals surface area contributed by atoms with Gasteiger partial charge in [-0.05, 0) is 37.1 Å². The molecular formula is C22H24N6O2. The minimum Gasteiger partial charge on any atom is -0.378 e. The zero-order valence-electron chi connectivity index (χ0n) is 17.2. The van der Waals surface area contributed by atoms with Gasteiger partial charge in [-0.1, -0.05) is 12.1 Å². The van der Waals surface area contributed by atoms with Gasteiger partial charge in [0.05, 0.1) is 18.9 Å². The first kappa shape index (κ1) is 18.7. The molecule has 8 heteroatoms. The maximum atomic E-state index is 12.5. The fourth-order valence-corrected chi connectivity index (χ4v) is 3.86. The molecule has 1 aliphatic rings. The van der Waals surface area contributed by atoms with E-state index < -0.39 is 0 Å². The Bertz CT molecular complexity index is 1240. The Hall–Kier alpha value is -3.26. The summed E-state index contributed by atoms with van der Waals surface area (Å²) >= 11 is 0. The molecule has 0 saturated carbocycles. The number of benzene rings is 1. The number of aryl methyl sites for hydroxylation is 3. The van der Waals surface area contributed by atoms with E-state index in [9.17, 15) is 4.79 Å². The van der Waals surface area contributed by atoms with Crippen LogP contribution in [0.5, 0.6) is 0 Å². The maximum Gasteiger partial charge on any atom is 0.223 e. The number of amides is 1. The van der Waals surface area contributed by atoms with Crippen LogP contribution in [0.3, 0.4) is 0 Å². The molecule has 0 spiro atoms. The summed E-state index contributed by atoms with van der Waals surface area (Å²) in [5.41, 5.74) is 6.12. The fourth-order valence-electron chi connectivity index (χ4n) is 3.86. The highest BCUT2D eigenvalue weighted by molar-refractivity contribution is 5.78. The number of aromatic nitrogens is 5. The Morgan fingerprint density at radius 1 is 1.07 bits per heavy atom. The highest BCUT2D eigenvalue weighted by atomic mass is 16.5. The summed E-state index contributed by atoms with van der Waals surface area (Å²) in [7, 11) is 0. The topological polar surface area (TPSA) is 77.0 Å². The monoisotopic (exact) mass is 404 g/mol. The molecular weight excluding hydrogens is 380 g/mol. The van der Waals surface area contributed by atoms with Crippen LogP contribution in [0.15, 0.2) is 36.7 Å². The summed E-state index contributed by atoms with van der Waals surface area (Å²) in [6.45, 7) is 6.77. The van der Waals surface area contributed by atoms with E-state index in [-0.39, 0.29) is 5.91 Å². The SMILES string of the molecule is Cc1ccc(-c2cc3c4nnc(CCC(=O)N5CCOCC5)n4ccn3n2)cc1C. The zero-order chi connectivity index (χ0) is 20.7. The van der Waals surface area contributed by atoms with Crippen LogP contribution in [0.4, 0.5) is 0 Å². The number of nitrogens with zero attached hydrogens (tertiary/aromatic N) is 6. The summed E-state index contributed by atoms with van der Waals surface area (Å²) in [6, 6.07) is 8.40. The molecule has 1 fully saturated rings. The molecule has 0 atom stereocenters. The van der Waals surface area contributed by atoms with Crippen molar-refractivity contribution >= 4 is 17.1 Å². The number of ether oxygens (including phenoxy) is 1.